The lowest BCUT2D eigenvalue weighted by molar-refractivity contribution is -0.143. The van der Waals surface area contributed by atoms with Gasteiger partial charge < -0.3 is 40.4 Å². The zero-order valence-corrected chi connectivity index (χ0v) is 42.3. The van der Waals surface area contributed by atoms with E-state index in [1.165, 1.54) is 11.3 Å². The van der Waals surface area contributed by atoms with Gasteiger partial charge >= 0.3 is 6.09 Å². The van der Waals surface area contributed by atoms with E-state index in [4.69, 9.17) is 14.2 Å². The number of amides is 5. The van der Waals surface area contributed by atoms with Crippen molar-refractivity contribution in [3.63, 3.8) is 0 Å². The number of likely N-dealkylation sites (N-methyl/N-ethyl adjacent to an activating group) is 1. The molecular weight excluding hydrogens is 847 g/mol. The Kier molecular flexibility index (Phi) is 22.8. The highest BCUT2D eigenvalue weighted by Gasteiger charge is 2.42. The van der Waals surface area contributed by atoms with E-state index in [1.807, 2.05) is 108 Å². The molecule has 1 aromatic carbocycles. The molecule has 15 nitrogen and oxygen atoms in total. The molecule has 1 aliphatic heterocycles. The lowest BCUT2D eigenvalue weighted by Crippen LogP contribution is -2.57. The predicted octanol–water partition coefficient (Wildman–Crippen LogP) is 6.38. The second-order valence-corrected chi connectivity index (χ2v) is 20.3. The molecule has 1 fully saturated rings. The van der Waals surface area contributed by atoms with E-state index in [9.17, 15) is 24.0 Å². The van der Waals surface area contributed by atoms with Gasteiger partial charge in [0.1, 0.15) is 16.7 Å². The summed E-state index contributed by atoms with van der Waals surface area (Å²) >= 11 is 1.50. The average molecular weight is 928 g/mol. The minimum absolute atomic E-state index is 0.0505. The van der Waals surface area contributed by atoms with Crippen LogP contribution in [0.4, 0.5) is 4.79 Å². The van der Waals surface area contributed by atoms with Crippen molar-refractivity contribution in [2.75, 3.05) is 47.4 Å². The zero-order chi connectivity index (χ0) is 48.4. The number of methoxy groups -OCH3 is 2. The molecule has 0 unspecified atom stereocenters. The number of ether oxygens (including phenoxy) is 3. The molecule has 1 aliphatic rings. The van der Waals surface area contributed by atoms with Crippen LogP contribution in [0.5, 0.6) is 0 Å². The van der Waals surface area contributed by atoms with Crippen LogP contribution in [-0.2, 0) is 39.8 Å². The molecular formula is C49H81N7O8S. The zero-order valence-electron chi connectivity index (χ0n) is 41.5. The van der Waals surface area contributed by atoms with E-state index in [0.717, 1.165) is 23.4 Å². The molecule has 65 heavy (non-hydrogen) atoms. The standard InChI is InChI=1S/C49H81N7O8S/c1-14-33(6)36(30-52-45(59)41(31(2)3)54-46(60)42(32(4)5)55(11)25-19-23-51-48(61)64-49(8,9)10)39(62-12)29-40(57)56-26-18-22-38(56)43(63-13)34(7)44(58)53-37(47-50-24-27-65-47)28-35-20-16-15-17-21-35/h15-17,20-21,24,27,31-34,36-39,41-43H,14,18-19,22-23,25-26,28-30H2,1-13H3,(H,51,61)(H,52,59)(H,53,58)(H,54,60)/t33-,34+,36+,37-,38-,39+,41-,42-,43+/m0/s1. The van der Waals surface area contributed by atoms with Crippen LogP contribution in [0.25, 0.3) is 0 Å². The first kappa shape index (κ1) is 55.2. The van der Waals surface area contributed by atoms with Crippen molar-refractivity contribution in [3.8, 4) is 0 Å². The Morgan fingerprint density at radius 3 is 2.18 bits per heavy atom. The van der Waals surface area contributed by atoms with Gasteiger partial charge in [-0.2, -0.15) is 0 Å². The van der Waals surface area contributed by atoms with Gasteiger partial charge in [-0.3, -0.25) is 24.1 Å². The summed E-state index contributed by atoms with van der Waals surface area (Å²) in [6.07, 6.45) is 3.78. The van der Waals surface area contributed by atoms with Crippen molar-refractivity contribution in [2.45, 2.75) is 150 Å². The maximum absolute atomic E-state index is 14.3. The summed E-state index contributed by atoms with van der Waals surface area (Å²) in [7, 11) is 5.07. The number of carbonyl (C=O) groups excluding carboxylic acids is 5. The third-order valence-electron chi connectivity index (χ3n) is 12.5. The Hall–Kier alpha value is -4.12. The van der Waals surface area contributed by atoms with Crippen LogP contribution in [0, 0.1) is 29.6 Å². The molecule has 3 rings (SSSR count). The fourth-order valence-corrected chi connectivity index (χ4v) is 9.52. The van der Waals surface area contributed by atoms with Crippen molar-refractivity contribution >= 4 is 41.1 Å². The van der Waals surface area contributed by atoms with E-state index in [2.05, 4.69) is 40.1 Å². The van der Waals surface area contributed by atoms with E-state index in [0.29, 0.717) is 38.9 Å². The van der Waals surface area contributed by atoms with Crippen molar-refractivity contribution < 1.29 is 38.2 Å². The second-order valence-electron chi connectivity index (χ2n) is 19.4. The Labute approximate surface area is 393 Å². The van der Waals surface area contributed by atoms with Crippen molar-refractivity contribution in [1.29, 1.82) is 0 Å². The van der Waals surface area contributed by atoms with Crippen LogP contribution in [-0.4, -0.2) is 128 Å². The third kappa shape index (κ3) is 17.2. The molecule has 0 aliphatic carbocycles. The van der Waals surface area contributed by atoms with Crippen molar-refractivity contribution in [1.82, 2.24) is 36.1 Å². The van der Waals surface area contributed by atoms with Gasteiger partial charge in [-0.15, -0.1) is 11.3 Å². The quantitative estimate of drug-likeness (QED) is 0.0774. The SMILES string of the molecule is CC[C@H](C)[C@@H](CNC(=O)[C@@H](NC(=O)[C@H](C(C)C)N(C)CCCNC(=O)OC(C)(C)C)C(C)C)[C@@H](CC(=O)N1CCC[C@H]1[C@H](OC)[C@@H](C)C(=O)N[C@@H](Cc1ccccc1)c1nccs1)OC. The molecule has 4 N–H and O–H groups in total. The van der Waals surface area contributed by atoms with E-state index in [-0.39, 0.29) is 72.3 Å². The summed E-state index contributed by atoms with van der Waals surface area (Å²) in [4.78, 5) is 76.5. The Balaban J connectivity index is 1.66. The number of alkyl carbamates (subject to hydrolysis) is 1. The first-order chi connectivity index (χ1) is 30.7. The third-order valence-corrected chi connectivity index (χ3v) is 13.4. The van der Waals surface area contributed by atoms with Gasteiger partial charge in [0.05, 0.1) is 42.7 Å². The molecule has 0 saturated carbocycles. The monoisotopic (exact) mass is 928 g/mol. The molecule has 2 heterocycles. The molecule has 0 bridgehead atoms. The van der Waals surface area contributed by atoms with Crippen LogP contribution in [0.1, 0.15) is 118 Å². The minimum atomic E-state index is -0.795. The lowest BCUT2D eigenvalue weighted by atomic mass is 9.84. The number of aromatic nitrogens is 1. The number of thiazole rings is 1. The normalized spacial score (nSPS) is 18.0. The number of benzene rings is 1. The van der Waals surface area contributed by atoms with Gasteiger partial charge in [0.15, 0.2) is 0 Å². The van der Waals surface area contributed by atoms with Gasteiger partial charge in [-0.1, -0.05) is 85.2 Å². The molecule has 1 saturated heterocycles. The summed E-state index contributed by atoms with van der Waals surface area (Å²) in [6, 6.07) is 8.08. The Bertz CT molecular complexity index is 1760. The molecule has 16 heteroatoms. The number of rotatable bonds is 26. The molecule has 5 amide bonds. The van der Waals surface area contributed by atoms with Crippen molar-refractivity contribution in [3.05, 3.63) is 52.5 Å². The minimum Gasteiger partial charge on any atom is -0.444 e. The second kappa shape index (κ2) is 26.9. The van der Waals surface area contributed by atoms with Gasteiger partial charge in [-0.05, 0) is 76.8 Å². The maximum atomic E-state index is 14.3. The lowest BCUT2D eigenvalue weighted by Gasteiger charge is -2.36. The molecule has 366 valence electrons. The Morgan fingerprint density at radius 1 is 0.923 bits per heavy atom. The van der Waals surface area contributed by atoms with Crippen LogP contribution >= 0.6 is 11.3 Å². The van der Waals surface area contributed by atoms with Crippen LogP contribution in [0.3, 0.4) is 0 Å². The molecule has 0 radical (unpaired) electrons. The van der Waals surface area contributed by atoms with Crippen LogP contribution < -0.4 is 21.3 Å². The summed E-state index contributed by atoms with van der Waals surface area (Å²) in [5, 5.41) is 14.9. The smallest absolute Gasteiger partial charge is 0.407 e. The highest BCUT2D eigenvalue weighted by Crippen LogP contribution is 2.31. The first-order valence-electron chi connectivity index (χ1n) is 23.6. The van der Waals surface area contributed by atoms with E-state index < -0.39 is 41.9 Å². The molecule has 9 atom stereocenters. The summed E-state index contributed by atoms with van der Waals surface area (Å²) in [5.74, 6) is -1.73. The van der Waals surface area contributed by atoms with Crippen LogP contribution in [0.2, 0.25) is 0 Å². The number of hydrogen-bond donors (Lipinski definition) is 4. The number of nitrogens with zero attached hydrogens (tertiary/aromatic N) is 3. The fourth-order valence-electron chi connectivity index (χ4n) is 8.83. The fraction of sp³-hybridized carbons (Fsp3) is 0.714. The number of carbonyl (C=O) groups is 5. The molecule has 2 aromatic rings. The number of nitrogens with one attached hydrogen (secondary N) is 4. The predicted molar refractivity (Wildman–Crippen MR) is 256 cm³/mol. The highest BCUT2D eigenvalue weighted by atomic mass is 32.1. The summed E-state index contributed by atoms with van der Waals surface area (Å²) in [6.45, 7) is 20.9. The van der Waals surface area contributed by atoms with Gasteiger partial charge in [-0.25, -0.2) is 9.78 Å². The van der Waals surface area contributed by atoms with Gasteiger partial charge in [0.2, 0.25) is 23.6 Å². The Morgan fingerprint density at radius 2 is 1.62 bits per heavy atom. The molecule has 1 aromatic heterocycles. The van der Waals surface area contributed by atoms with Crippen molar-refractivity contribution in [2.24, 2.45) is 29.6 Å². The average Bonchev–Trinajstić information content (AvgIpc) is 3.97. The first-order valence-corrected chi connectivity index (χ1v) is 24.4. The largest absolute Gasteiger partial charge is 0.444 e. The topological polar surface area (TPSA) is 181 Å². The van der Waals surface area contributed by atoms with Crippen LogP contribution in [0.15, 0.2) is 41.9 Å². The van der Waals surface area contributed by atoms with E-state index >= 15 is 0 Å². The van der Waals surface area contributed by atoms with Gasteiger partial charge in [0, 0.05) is 57.9 Å². The highest BCUT2D eigenvalue weighted by molar-refractivity contribution is 7.09. The number of hydrogen-bond acceptors (Lipinski definition) is 11. The van der Waals surface area contributed by atoms with E-state index in [1.54, 1.807) is 20.4 Å². The summed E-state index contributed by atoms with van der Waals surface area (Å²) in [5.41, 5.74) is 0.497. The molecule has 0 spiro atoms. The maximum Gasteiger partial charge on any atom is 0.407 e. The number of likely N-dealkylation sites (tertiary alicyclic amines) is 1. The summed E-state index contributed by atoms with van der Waals surface area (Å²) < 4.78 is 17.4. The van der Waals surface area contributed by atoms with Gasteiger partial charge in [0.25, 0.3) is 0 Å².